The van der Waals surface area contributed by atoms with Crippen LogP contribution in [0.15, 0.2) is 24.3 Å². The Morgan fingerprint density at radius 2 is 1.94 bits per heavy atom. The summed E-state index contributed by atoms with van der Waals surface area (Å²) in [5, 5.41) is 2.80. The van der Waals surface area contributed by atoms with E-state index in [0.717, 1.165) is 5.56 Å². The number of benzene rings is 1. The molecule has 1 fully saturated rings. The minimum absolute atomic E-state index is 0.130. The Labute approximate surface area is 115 Å². The van der Waals surface area contributed by atoms with Crippen LogP contribution in [0.2, 0.25) is 0 Å². The van der Waals surface area contributed by atoms with Gasteiger partial charge in [0.2, 0.25) is 5.91 Å². The van der Waals surface area contributed by atoms with Crippen LogP contribution in [0.3, 0.4) is 0 Å². The van der Waals surface area contributed by atoms with Crippen molar-refractivity contribution in [2.24, 2.45) is 5.41 Å². The lowest BCUT2D eigenvalue weighted by molar-refractivity contribution is -0.125. The minimum Gasteiger partial charge on any atom is -0.355 e. The molecule has 1 aliphatic carbocycles. The third-order valence-corrected chi connectivity index (χ3v) is 4.47. The summed E-state index contributed by atoms with van der Waals surface area (Å²) in [6, 6.07) is 6.21. The van der Waals surface area contributed by atoms with Crippen LogP contribution in [0.1, 0.15) is 18.9 Å². The molecule has 1 saturated carbocycles. The fourth-order valence-electron chi connectivity index (χ4n) is 1.81. The van der Waals surface area contributed by atoms with Gasteiger partial charge in [0.1, 0.15) is 10.2 Å². The summed E-state index contributed by atoms with van der Waals surface area (Å²) in [5.74, 6) is -0.392. The van der Waals surface area contributed by atoms with E-state index in [1.54, 1.807) is 19.1 Å². The summed E-state index contributed by atoms with van der Waals surface area (Å²) < 4.78 is 11.8. The van der Waals surface area contributed by atoms with Gasteiger partial charge in [0, 0.05) is 6.54 Å². The van der Waals surface area contributed by atoms with Crippen molar-refractivity contribution < 1.29 is 9.18 Å². The van der Waals surface area contributed by atoms with Gasteiger partial charge in [0.15, 0.2) is 0 Å². The second-order valence-electron chi connectivity index (χ2n) is 4.85. The Morgan fingerprint density at radius 3 is 2.44 bits per heavy atom. The Morgan fingerprint density at radius 1 is 1.39 bits per heavy atom. The van der Waals surface area contributed by atoms with Crippen molar-refractivity contribution in [3.8, 4) is 0 Å². The molecule has 0 aliphatic heterocycles. The van der Waals surface area contributed by atoms with Crippen molar-refractivity contribution in [1.29, 1.82) is 0 Å². The molecule has 2 rings (SSSR count). The third-order valence-electron chi connectivity index (χ3n) is 3.37. The van der Waals surface area contributed by atoms with Gasteiger partial charge in [-0.3, -0.25) is 4.79 Å². The number of alkyl halides is 2. The van der Waals surface area contributed by atoms with Crippen molar-refractivity contribution in [3.63, 3.8) is 0 Å². The number of rotatable bonds is 4. The highest BCUT2D eigenvalue weighted by molar-refractivity contribution is 6.53. The van der Waals surface area contributed by atoms with Crippen LogP contribution in [0.4, 0.5) is 4.39 Å². The zero-order chi connectivity index (χ0) is 13.4. The molecule has 5 heteroatoms. The fraction of sp³-hybridized carbons (Fsp3) is 0.462. The Bertz CT molecular complexity index is 461. The summed E-state index contributed by atoms with van der Waals surface area (Å²) in [5.41, 5.74) is 0.291. The predicted molar refractivity (Wildman–Crippen MR) is 70.3 cm³/mol. The highest BCUT2D eigenvalue weighted by Gasteiger charge is 2.67. The lowest BCUT2D eigenvalue weighted by atomic mass is 10.1. The van der Waals surface area contributed by atoms with Gasteiger partial charge in [-0.05, 0) is 37.5 Å². The van der Waals surface area contributed by atoms with Crippen molar-refractivity contribution in [2.45, 2.75) is 24.1 Å². The quantitative estimate of drug-likeness (QED) is 0.848. The molecule has 1 amide bonds. The molecule has 0 radical (unpaired) electrons. The molecule has 1 N–H and O–H groups in total. The Balaban J connectivity index is 1.80. The second kappa shape index (κ2) is 4.71. The van der Waals surface area contributed by atoms with Gasteiger partial charge in [-0.2, -0.15) is 0 Å². The number of carbonyl (C=O) groups is 1. The Kier molecular flexibility index (Phi) is 3.56. The Hall–Kier alpha value is -0.800. The standard InChI is InChI=1S/C13H14Cl2FNO/c1-12(8-13(12,14)15)11(18)17-7-6-9-2-4-10(16)5-3-9/h2-5H,6-8H2,1H3,(H,17,18)/t12-/m1/s1. The molecule has 1 aromatic carbocycles. The second-order valence-corrected chi connectivity index (χ2v) is 6.33. The van der Waals surface area contributed by atoms with Crippen molar-refractivity contribution in [1.82, 2.24) is 5.32 Å². The molecular formula is C13H14Cl2FNO. The first kappa shape index (κ1) is 13.6. The maximum atomic E-state index is 12.7. The van der Waals surface area contributed by atoms with Gasteiger partial charge < -0.3 is 5.32 Å². The number of carbonyl (C=O) groups excluding carboxylic acids is 1. The maximum absolute atomic E-state index is 12.7. The van der Waals surface area contributed by atoms with Gasteiger partial charge >= 0.3 is 0 Å². The van der Waals surface area contributed by atoms with E-state index in [2.05, 4.69) is 5.32 Å². The number of hydrogen-bond acceptors (Lipinski definition) is 1. The van der Waals surface area contributed by atoms with Gasteiger partial charge in [-0.15, -0.1) is 23.2 Å². The summed E-state index contributed by atoms with van der Waals surface area (Å²) in [6.45, 7) is 2.24. The first-order valence-corrected chi connectivity index (χ1v) is 6.51. The lowest BCUT2D eigenvalue weighted by Crippen LogP contribution is -2.34. The summed E-state index contributed by atoms with van der Waals surface area (Å²) in [7, 11) is 0. The van der Waals surface area contributed by atoms with E-state index < -0.39 is 9.75 Å². The predicted octanol–water partition coefficient (Wildman–Crippen LogP) is 3.07. The summed E-state index contributed by atoms with van der Waals surface area (Å²) >= 11 is 11.8. The first-order valence-electron chi connectivity index (χ1n) is 5.76. The van der Waals surface area contributed by atoms with Crippen molar-refractivity contribution in [2.75, 3.05) is 6.54 Å². The van der Waals surface area contributed by atoms with Crippen LogP contribution in [-0.4, -0.2) is 16.8 Å². The van der Waals surface area contributed by atoms with Crippen LogP contribution >= 0.6 is 23.2 Å². The van der Waals surface area contributed by atoms with E-state index in [9.17, 15) is 9.18 Å². The zero-order valence-corrected chi connectivity index (χ0v) is 11.5. The van der Waals surface area contributed by atoms with Crippen LogP contribution in [0.25, 0.3) is 0 Å². The van der Waals surface area contributed by atoms with Crippen LogP contribution in [0.5, 0.6) is 0 Å². The molecule has 2 nitrogen and oxygen atoms in total. The van der Waals surface area contributed by atoms with Gasteiger partial charge in [0.25, 0.3) is 0 Å². The molecule has 18 heavy (non-hydrogen) atoms. The van der Waals surface area contributed by atoms with Gasteiger partial charge in [0.05, 0.1) is 5.41 Å². The average molecular weight is 290 g/mol. The summed E-state index contributed by atoms with van der Waals surface area (Å²) in [6.07, 6.45) is 1.13. The molecule has 98 valence electrons. The highest BCUT2D eigenvalue weighted by Crippen LogP contribution is 2.63. The van der Waals surface area contributed by atoms with Crippen molar-refractivity contribution in [3.05, 3.63) is 35.6 Å². The van der Waals surface area contributed by atoms with E-state index in [1.165, 1.54) is 12.1 Å². The molecule has 1 aromatic rings. The molecule has 0 saturated heterocycles. The molecule has 0 unspecified atom stereocenters. The molecule has 0 bridgehead atoms. The normalized spacial score (nSPS) is 24.7. The third kappa shape index (κ3) is 2.62. The lowest BCUT2D eigenvalue weighted by Gasteiger charge is -2.12. The number of hydrogen-bond donors (Lipinski definition) is 1. The highest BCUT2D eigenvalue weighted by atomic mass is 35.5. The van der Waals surface area contributed by atoms with Crippen LogP contribution < -0.4 is 5.32 Å². The van der Waals surface area contributed by atoms with E-state index in [0.29, 0.717) is 19.4 Å². The monoisotopic (exact) mass is 289 g/mol. The molecular weight excluding hydrogens is 276 g/mol. The average Bonchev–Trinajstić information content (AvgIpc) is 2.82. The van der Waals surface area contributed by atoms with E-state index in [1.807, 2.05) is 0 Å². The largest absolute Gasteiger partial charge is 0.355 e. The van der Waals surface area contributed by atoms with Gasteiger partial charge in [-0.1, -0.05) is 12.1 Å². The van der Waals surface area contributed by atoms with Crippen molar-refractivity contribution >= 4 is 29.1 Å². The van der Waals surface area contributed by atoms with Crippen LogP contribution in [-0.2, 0) is 11.2 Å². The van der Waals surface area contributed by atoms with E-state index in [-0.39, 0.29) is 11.7 Å². The van der Waals surface area contributed by atoms with Gasteiger partial charge in [-0.25, -0.2) is 4.39 Å². The number of halogens is 3. The topological polar surface area (TPSA) is 29.1 Å². The van der Waals surface area contributed by atoms with E-state index in [4.69, 9.17) is 23.2 Å². The maximum Gasteiger partial charge on any atom is 0.229 e. The minimum atomic E-state index is -0.938. The molecule has 1 aliphatic rings. The van der Waals surface area contributed by atoms with E-state index >= 15 is 0 Å². The first-order chi connectivity index (χ1) is 8.35. The van der Waals surface area contributed by atoms with Crippen LogP contribution in [0, 0.1) is 11.2 Å². The fourth-order valence-corrected chi connectivity index (χ4v) is 2.52. The number of amides is 1. The number of nitrogens with one attached hydrogen (secondary N) is 1. The molecule has 0 spiro atoms. The molecule has 0 aromatic heterocycles. The smallest absolute Gasteiger partial charge is 0.229 e. The summed E-state index contributed by atoms with van der Waals surface area (Å²) in [4.78, 5) is 11.8. The molecule has 0 heterocycles. The molecule has 1 atom stereocenters. The SMILES string of the molecule is C[C@]1(C(=O)NCCc2ccc(F)cc2)CC1(Cl)Cl. The zero-order valence-electron chi connectivity index (χ0n) is 9.97.